The van der Waals surface area contributed by atoms with Gasteiger partial charge in [-0.15, -0.1) is 0 Å². The van der Waals surface area contributed by atoms with Crippen LogP contribution >= 0.6 is 0 Å². The van der Waals surface area contributed by atoms with E-state index in [9.17, 15) is 9.59 Å². The summed E-state index contributed by atoms with van der Waals surface area (Å²) >= 11 is 0. The molecule has 2 aromatic carbocycles. The van der Waals surface area contributed by atoms with Crippen LogP contribution in [0, 0.1) is 5.92 Å². The van der Waals surface area contributed by atoms with Crippen LogP contribution in [0.2, 0.25) is 0 Å². The topological polar surface area (TPSA) is 59.3 Å². The van der Waals surface area contributed by atoms with E-state index in [1.807, 2.05) is 47.5 Å². The molecular weight excluding hydrogens is 412 g/mol. The Kier molecular flexibility index (Phi) is 6.65. The monoisotopic (exact) mass is 444 g/mol. The number of nitrogens with zero attached hydrogens (tertiary/aromatic N) is 3. The van der Waals surface area contributed by atoms with Crippen LogP contribution in [0.3, 0.4) is 0 Å². The van der Waals surface area contributed by atoms with E-state index in [1.165, 1.54) is 4.57 Å². The minimum atomic E-state index is -0.328. The number of hydrogen-bond donors (Lipinski definition) is 1. The van der Waals surface area contributed by atoms with Gasteiger partial charge in [0.25, 0.3) is 5.56 Å². The fourth-order valence-electron chi connectivity index (χ4n) is 4.52. The highest BCUT2D eigenvalue weighted by molar-refractivity contribution is 5.55. The zero-order chi connectivity index (χ0) is 23.5. The second-order valence-electron chi connectivity index (χ2n) is 9.11. The molecule has 0 saturated carbocycles. The highest BCUT2D eigenvalue weighted by Crippen LogP contribution is 2.38. The second kappa shape index (κ2) is 9.63. The molecule has 1 aromatic heterocycles. The molecule has 1 aliphatic heterocycles. The number of nitrogens with one attached hydrogen (secondary N) is 1. The fourth-order valence-corrected chi connectivity index (χ4v) is 4.52. The average Bonchev–Trinajstić information content (AvgIpc) is 2.98. The quantitative estimate of drug-likeness (QED) is 0.630. The van der Waals surface area contributed by atoms with E-state index in [0.717, 1.165) is 17.7 Å². The molecule has 0 amide bonds. The lowest BCUT2D eigenvalue weighted by Gasteiger charge is -2.29. The van der Waals surface area contributed by atoms with Crippen molar-refractivity contribution in [1.82, 2.24) is 14.5 Å². The molecule has 0 radical (unpaired) electrons. The SMILES string of the molecule is CC(C)CN[C@@H]1c2c(n(C)c(=O)n(C)c2=O)N(Cc2ccccc2)C=C[C@@H]1c1ccccc1. The van der Waals surface area contributed by atoms with Crippen molar-refractivity contribution in [2.24, 2.45) is 20.0 Å². The molecule has 4 rings (SSSR count). The summed E-state index contributed by atoms with van der Waals surface area (Å²) in [5.74, 6) is 0.992. The Hall–Kier alpha value is -3.38. The third kappa shape index (κ3) is 4.57. The van der Waals surface area contributed by atoms with Crippen LogP contribution in [0.4, 0.5) is 5.82 Å². The molecule has 172 valence electrons. The minimum absolute atomic E-state index is 0.0605. The van der Waals surface area contributed by atoms with Crippen LogP contribution in [0.1, 0.15) is 42.5 Å². The molecule has 2 atom stereocenters. The Balaban J connectivity index is 1.95. The first-order chi connectivity index (χ1) is 15.9. The number of hydrogen-bond acceptors (Lipinski definition) is 4. The summed E-state index contributed by atoms with van der Waals surface area (Å²) in [6.07, 6.45) is 4.18. The van der Waals surface area contributed by atoms with Gasteiger partial charge in [0, 0.05) is 32.8 Å². The van der Waals surface area contributed by atoms with Gasteiger partial charge in [-0.05, 0) is 23.6 Å². The lowest BCUT2D eigenvalue weighted by molar-refractivity contribution is 0.440. The lowest BCUT2D eigenvalue weighted by atomic mass is 9.87. The fraction of sp³-hybridized carbons (Fsp3) is 0.333. The van der Waals surface area contributed by atoms with Crippen molar-refractivity contribution in [3.8, 4) is 0 Å². The molecule has 2 heterocycles. The maximum absolute atomic E-state index is 13.6. The Labute approximate surface area is 194 Å². The van der Waals surface area contributed by atoms with Crippen LogP contribution in [-0.4, -0.2) is 15.7 Å². The summed E-state index contributed by atoms with van der Waals surface area (Å²) in [5, 5.41) is 3.66. The van der Waals surface area contributed by atoms with Gasteiger partial charge >= 0.3 is 5.69 Å². The zero-order valence-electron chi connectivity index (χ0n) is 19.7. The van der Waals surface area contributed by atoms with E-state index >= 15 is 0 Å². The molecule has 1 aliphatic rings. The zero-order valence-corrected chi connectivity index (χ0v) is 19.7. The van der Waals surface area contributed by atoms with Crippen molar-refractivity contribution in [2.45, 2.75) is 32.4 Å². The third-order valence-corrected chi connectivity index (χ3v) is 6.21. The van der Waals surface area contributed by atoms with E-state index in [2.05, 4.69) is 49.5 Å². The molecular formula is C27H32N4O2. The Bertz CT molecular complexity index is 1240. The maximum Gasteiger partial charge on any atom is 0.332 e. The normalized spacial score (nSPS) is 17.8. The van der Waals surface area contributed by atoms with E-state index in [-0.39, 0.29) is 23.2 Å². The Morgan fingerprint density at radius 3 is 2.18 bits per heavy atom. The van der Waals surface area contributed by atoms with Crippen LogP contribution in [0.25, 0.3) is 0 Å². The molecule has 6 nitrogen and oxygen atoms in total. The maximum atomic E-state index is 13.6. The molecule has 0 fully saturated rings. The molecule has 0 spiro atoms. The summed E-state index contributed by atoms with van der Waals surface area (Å²) in [6, 6.07) is 20.1. The molecule has 3 aromatic rings. The summed E-state index contributed by atoms with van der Waals surface area (Å²) in [7, 11) is 3.30. The van der Waals surface area contributed by atoms with Gasteiger partial charge < -0.3 is 10.2 Å². The number of anilines is 1. The van der Waals surface area contributed by atoms with Gasteiger partial charge in [-0.25, -0.2) is 4.79 Å². The standard InChI is InChI=1S/C27H32N4O2/c1-19(2)17-28-24-22(21-13-9-6-10-14-21)15-16-31(18-20-11-7-5-8-12-20)25-23(24)26(32)30(4)27(33)29(25)3/h5-16,19,22,24,28H,17-18H2,1-4H3/t22-,24+/m1/s1. The van der Waals surface area contributed by atoms with Crippen LogP contribution in [0.5, 0.6) is 0 Å². The molecule has 33 heavy (non-hydrogen) atoms. The van der Waals surface area contributed by atoms with Gasteiger partial charge in [-0.3, -0.25) is 13.9 Å². The highest BCUT2D eigenvalue weighted by atomic mass is 16.2. The van der Waals surface area contributed by atoms with Crippen molar-refractivity contribution in [2.75, 3.05) is 11.4 Å². The van der Waals surface area contributed by atoms with Crippen molar-refractivity contribution in [1.29, 1.82) is 0 Å². The molecule has 6 heteroatoms. The lowest BCUT2D eigenvalue weighted by Crippen LogP contribution is -2.44. The Morgan fingerprint density at radius 2 is 1.55 bits per heavy atom. The van der Waals surface area contributed by atoms with Gasteiger partial charge in [0.1, 0.15) is 5.82 Å². The predicted molar refractivity (Wildman–Crippen MR) is 133 cm³/mol. The average molecular weight is 445 g/mol. The number of aromatic nitrogens is 2. The predicted octanol–water partition coefficient (Wildman–Crippen LogP) is 3.69. The molecule has 0 unspecified atom stereocenters. The van der Waals surface area contributed by atoms with Gasteiger partial charge in [-0.1, -0.05) is 80.6 Å². The molecule has 0 bridgehead atoms. The first-order valence-electron chi connectivity index (χ1n) is 11.5. The van der Waals surface area contributed by atoms with Crippen molar-refractivity contribution in [3.63, 3.8) is 0 Å². The van der Waals surface area contributed by atoms with Gasteiger partial charge in [0.2, 0.25) is 0 Å². The first-order valence-corrected chi connectivity index (χ1v) is 11.5. The van der Waals surface area contributed by atoms with Crippen molar-refractivity contribution < 1.29 is 0 Å². The van der Waals surface area contributed by atoms with Crippen molar-refractivity contribution in [3.05, 3.63) is 110 Å². The van der Waals surface area contributed by atoms with Gasteiger partial charge in [0.15, 0.2) is 0 Å². The van der Waals surface area contributed by atoms with E-state index in [4.69, 9.17) is 0 Å². The number of benzene rings is 2. The number of fused-ring (bicyclic) bond motifs is 1. The highest BCUT2D eigenvalue weighted by Gasteiger charge is 2.34. The van der Waals surface area contributed by atoms with E-state index < -0.39 is 0 Å². The van der Waals surface area contributed by atoms with E-state index in [0.29, 0.717) is 23.8 Å². The molecule has 1 N–H and O–H groups in total. The van der Waals surface area contributed by atoms with Gasteiger partial charge in [-0.2, -0.15) is 0 Å². The molecule has 0 aliphatic carbocycles. The van der Waals surface area contributed by atoms with E-state index in [1.54, 1.807) is 18.7 Å². The molecule has 0 saturated heterocycles. The van der Waals surface area contributed by atoms with Gasteiger partial charge in [0.05, 0.1) is 11.6 Å². The Morgan fingerprint density at radius 1 is 0.909 bits per heavy atom. The summed E-state index contributed by atoms with van der Waals surface area (Å²) in [5.41, 5.74) is 2.27. The van der Waals surface area contributed by atoms with Crippen LogP contribution in [0.15, 0.2) is 82.5 Å². The first kappa shape index (κ1) is 22.8. The summed E-state index contributed by atoms with van der Waals surface area (Å²) < 4.78 is 2.82. The number of rotatable bonds is 6. The summed E-state index contributed by atoms with van der Waals surface area (Å²) in [6.45, 7) is 5.62. The largest absolute Gasteiger partial charge is 0.332 e. The second-order valence-corrected chi connectivity index (χ2v) is 9.11. The van der Waals surface area contributed by atoms with Crippen molar-refractivity contribution >= 4 is 5.82 Å². The minimum Gasteiger partial charge on any atom is -0.330 e. The smallest absolute Gasteiger partial charge is 0.330 e. The van der Waals surface area contributed by atoms with Crippen LogP contribution in [-0.2, 0) is 20.6 Å². The van der Waals surface area contributed by atoms with Crippen LogP contribution < -0.4 is 21.5 Å². The third-order valence-electron chi connectivity index (χ3n) is 6.21. The summed E-state index contributed by atoms with van der Waals surface area (Å²) in [4.78, 5) is 28.6.